The summed E-state index contributed by atoms with van der Waals surface area (Å²) in [5.41, 5.74) is 1.21. The van der Waals surface area contributed by atoms with Gasteiger partial charge in [-0.1, -0.05) is 30.7 Å². The van der Waals surface area contributed by atoms with Crippen molar-refractivity contribution in [2.24, 2.45) is 23.7 Å². The molecule has 0 radical (unpaired) electrons. The van der Waals surface area contributed by atoms with Gasteiger partial charge in [-0.25, -0.2) is 0 Å². The van der Waals surface area contributed by atoms with Gasteiger partial charge in [0.15, 0.2) is 0 Å². The van der Waals surface area contributed by atoms with Crippen molar-refractivity contribution >= 4 is 23.5 Å². The summed E-state index contributed by atoms with van der Waals surface area (Å²) in [4.78, 5) is 49.2. The molecule has 188 valence electrons. The van der Waals surface area contributed by atoms with Crippen molar-refractivity contribution in [3.8, 4) is 0 Å². The number of amides is 2. The predicted octanol–water partition coefficient (Wildman–Crippen LogP) is 2.65. The Morgan fingerprint density at radius 1 is 1.06 bits per heavy atom. The van der Waals surface area contributed by atoms with Gasteiger partial charge in [0.25, 0.3) is 11.8 Å². The van der Waals surface area contributed by atoms with E-state index in [2.05, 4.69) is 41.0 Å². The minimum Gasteiger partial charge on any atom is -0.454 e. The fraction of sp³-hybridized carbons (Fsp3) is 0.593. The van der Waals surface area contributed by atoms with Crippen molar-refractivity contribution < 1.29 is 24.0 Å². The highest BCUT2D eigenvalue weighted by atomic mass is 16.7. The van der Waals surface area contributed by atoms with Crippen molar-refractivity contribution in [1.82, 2.24) is 9.96 Å². The summed E-state index contributed by atoms with van der Waals surface area (Å²) in [7, 11) is 0. The largest absolute Gasteiger partial charge is 0.454 e. The van der Waals surface area contributed by atoms with Gasteiger partial charge < -0.3 is 9.64 Å². The van der Waals surface area contributed by atoms with Crippen molar-refractivity contribution in [1.29, 1.82) is 0 Å². The molecule has 3 aliphatic carbocycles. The second kappa shape index (κ2) is 9.39. The average molecular weight is 482 g/mol. The van der Waals surface area contributed by atoms with Crippen molar-refractivity contribution in [2.45, 2.75) is 39.2 Å². The molecular formula is C27H35N3O5. The van der Waals surface area contributed by atoms with Crippen LogP contribution in [0.4, 0.5) is 5.69 Å². The number of fused-ring (bicyclic) bond motifs is 1. The first-order valence-electron chi connectivity index (χ1n) is 12.7. The van der Waals surface area contributed by atoms with Crippen molar-refractivity contribution in [3.05, 3.63) is 42.0 Å². The molecule has 0 N–H and O–H groups in total. The van der Waals surface area contributed by atoms with E-state index in [0.29, 0.717) is 13.0 Å². The van der Waals surface area contributed by atoms with Crippen LogP contribution in [0.15, 0.2) is 42.0 Å². The van der Waals surface area contributed by atoms with Gasteiger partial charge in [0.2, 0.25) is 0 Å². The number of benzene rings is 1. The van der Waals surface area contributed by atoms with Crippen LogP contribution < -0.4 is 4.90 Å². The summed E-state index contributed by atoms with van der Waals surface area (Å²) >= 11 is 0. The number of anilines is 1. The summed E-state index contributed by atoms with van der Waals surface area (Å²) in [6.45, 7) is 10.4. The lowest BCUT2D eigenvalue weighted by atomic mass is 9.54. The number of piperazine rings is 1. The zero-order chi connectivity index (χ0) is 24.7. The standard InChI is InChI=1S/C27H35N3O5/c1-18-16-27(35-20(3)31)17-19(2)22(18)23-24(27)26(33)30(25(23)32)34-15-7-10-28-11-13-29(14-12-28)21-8-5-4-6-9-21/h4-6,8-9,16,19,22-24H,7,10-15,17H2,1-3H3/t19?,22-,23?,24?,27-/m1/s1. The Hall–Kier alpha value is -2.71. The molecule has 6 rings (SSSR count). The Morgan fingerprint density at radius 3 is 2.43 bits per heavy atom. The third-order valence-electron chi connectivity index (χ3n) is 8.14. The third-order valence-corrected chi connectivity index (χ3v) is 8.14. The summed E-state index contributed by atoms with van der Waals surface area (Å²) in [6.07, 6.45) is 3.19. The average Bonchev–Trinajstić information content (AvgIpc) is 3.08. The van der Waals surface area contributed by atoms with E-state index in [-0.39, 0.29) is 23.7 Å². The summed E-state index contributed by atoms with van der Waals surface area (Å²) < 4.78 is 5.75. The molecule has 3 fully saturated rings. The molecular weight excluding hydrogens is 446 g/mol. The van der Waals surface area contributed by atoms with Crippen LogP contribution in [-0.4, -0.2) is 72.7 Å². The van der Waals surface area contributed by atoms with Crippen molar-refractivity contribution in [3.63, 3.8) is 0 Å². The van der Waals surface area contributed by atoms with Crippen LogP contribution in [0.1, 0.15) is 33.6 Å². The molecule has 1 aromatic carbocycles. The van der Waals surface area contributed by atoms with Gasteiger partial charge in [0, 0.05) is 45.3 Å². The smallest absolute Gasteiger partial charge is 0.303 e. The lowest BCUT2D eigenvalue weighted by Gasteiger charge is -2.52. The highest BCUT2D eigenvalue weighted by Crippen LogP contribution is 2.58. The number of allylic oxidation sites excluding steroid dienone is 1. The van der Waals surface area contributed by atoms with Crippen LogP contribution in [0.3, 0.4) is 0 Å². The highest BCUT2D eigenvalue weighted by molar-refractivity contribution is 6.05. The Morgan fingerprint density at radius 2 is 1.77 bits per heavy atom. The molecule has 2 aliphatic heterocycles. The number of nitrogens with zero attached hydrogens (tertiary/aromatic N) is 3. The van der Waals surface area contributed by atoms with Gasteiger partial charge in [-0.15, -0.1) is 0 Å². The highest BCUT2D eigenvalue weighted by Gasteiger charge is 2.68. The fourth-order valence-electron chi connectivity index (χ4n) is 6.86. The number of hydroxylamine groups is 2. The fourth-order valence-corrected chi connectivity index (χ4v) is 6.86. The van der Waals surface area contributed by atoms with Gasteiger partial charge in [-0.3, -0.25) is 24.1 Å². The van der Waals surface area contributed by atoms with Gasteiger partial charge in [0.1, 0.15) is 5.60 Å². The van der Waals surface area contributed by atoms with Crippen molar-refractivity contribution in [2.75, 3.05) is 44.2 Å². The van der Waals surface area contributed by atoms with Gasteiger partial charge >= 0.3 is 5.97 Å². The first kappa shape index (κ1) is 24.0. The molecule has 1 aromatic rings. The number of carbonyl (C=O) groups is 3. The summed E-state index contributed by atoms with van der Waals surface area (Å²) in [6, 6.07) is 10.4. The molecule has 8 nitrogen and oxygen atoms in total. The second-order valence-electron chi connectivity index (χ2n) is 10.5. The monoisotopic (exact) mass is 481 g/mol. The van der Waals surface area contributed by atoms with E-state index in [0.717, 1.165) is 49.8 Å². The maximum Gasteiger partial charge on any atom is 0.303 e. The number of esters is 1. The maximum absolute atomic E-state index is 13.4. The Labute approximate surface area is 206 Å². The zero-order valence-electron chi connectivity index (χ0n) is 20.8. The molecule has 2 heterocycles. The third kappa shape index (κ3) is 4.27. The number of hydrogen-bond donors (Lipinski definition) is 0. The van der Waals surface area contributed by atoms with Crippen LogP contribution in [-0.2, 0) is 24.0 Å². The molecule has 2 amide bonds. The van der Waals surface area contributed by atoms with Crippen LogP contribution in [0.2, 0.25) is 0 Å². The lowest BCUT2D eigenvalue weighted by Crippen LogP contribution is -2.57. The van der Waals surface area contributed by atoms with E-state index in [4.69, 9.17) is 9.57 Å². The number of imide groups is 1. The molecule has 8 heteroatoms. The Bertz CT molecular complexity index is 1020. The molecule has 0 spiro atoms. The molecule has 2 bridgehead atoms. The molecule has 2 saturated heterocycles. The van der Waals surface area contributed by atoms with Gasteiger partial charge in [0.05, 0.1) is 18.4 Å². The number of carbonyl (C=O) groups excluding carboxylic acids is 3. The first-order chi connectivity index (χ1) is 16.8. The molecule has 1 saturated carbocycles. The second-order valence-corrected chi connectivity index (χ2v) is 10.5. The van der Waals surface area contributed by atoms with Gasteiger partial charge in [-0.05, 0) is 49.8 Å². The van der Waals surface area contributed by atoms with Crippen LogP contribution in [0.25, 0.3) is 0 Å². The molecule has 35 heavy (non-hydrogen) atoms. The minimum absolute atomic E-state index is 0.0246. The summed E-state index contributed by atoms with van der Waals surface area (Å²) in [5.74, 6) is -2.21. The normalized spacial score (nSPS) is 32.6. The van der Waals surface area contributed by atoms with Gasteiger partial charge in [-0.2, -0.15) is 5.06 Å². The van der Waals surface area contributed by atoms with E-state index in [9.17, 15) is 14.4 Å². The predicted molar refractivity (Wildman–Crippen MR) is 130 cm³/mol. The Kier molecular flexibility index (Phi) is 6.44. The van der Waals surface area contributed by atoms with E-state index in [1.807, 2.05) is 19.1 Å². The Balaban J connectivity index is 1.16. The van der Waals surface area contributed by atoms with E-state index >= 15 is 0 Å². The van der Waals surface area contributed by atoms with Crippen LogP contribution in [0.5, 0.6) is 0 Å². The quantitative estimate of drug-likeness (QED) is 0.256. The molecule has 5 aliphatic rings. The SMILES string of the molecule is CC(=O)O[C@]12C=C(C)[C@H](C(C)C1)C1C(=O)N(OCCCN3CCN(c4ccccc4)CC3)C(=O)C12. The molecule has 5 atom stereocenters. The topological polar surface area (TPSA) is 79.4 Å². The first-order valence-corrected chi connectivity index (χ1v) is 12.7. The number of ether oxygens (including phenoxy) is 1. The van der Waals surface area contributed by atoms with Crippen LogP contribution >= 0.6 is 0 Å². The lowest BCUT2D eigenvalue weighted by molar-refractivity contribution is -0.191. The number of hydrogen-bond acceptors (Lipinski definition) is 7. The molecule has 0 aromatic heterocycles. The van der Waals surface area contributed by atoms with E-state index in [1.54, 1.807) is 0 Å². The summed E-state index contributed by atoms with van der Waals surface area (Å²) in [5, 5.41) is 0.971. The number of para-hydroxylation sites is 1. The van der Waals surface area contributed by atoms with Crippen LogP contribution in [0, 0.1) is 23.7 Å². The van der Waals surface area contributed by atoms with E-state index in [1.165, 1.54) is 12.6 Å². The zero-order valence-corrected chi connectivity index (χ0v) is 20.8. The number of rotatable bonds is 7. The molecule has 3 unspecified atom stereocenters. The van der Waals surface area contributed by atoms with E-state index < -0.39 is 23.4 Å². The minimum atomic E-state index is -1.06. The maximum atomic E-state index is 13.4.